The molecule has 1 spiro atoms. The van der Waals surface area contributed by atoms with E-state index in [1.165, 1.54) is 0 Å². The third-order valence-corrected chi connectivity index (χ3v) is 8.76. The Bertz CT molecular complexity index is 1300. The van der Waals surface area contributed by atoms with Gasteiger partial charge in [0.2, 0.25) is 5.91 Å². The number of hydrogen-bond donors (Lipinski definition) is 1. The van der Waals surface area contributed by atoms with Crippen LogP contribution in [0.1, 0.15) is 75.3 Å². The van der Waals surface area contributed by atoms with E-state index in [1.54, 1.807) is 12.1 Å². The number of esters is 2. The smallest absolute Gasteiger partial charge is 0.338 e. The molecule has 8 nitrogen and oxygen atoms in total. The fourth-order valence-electron chi connectivity index (χ4n) is 6.48. The molecule has 8 heteroatoms. The number of hydrogen-bond acceptors (Lipinski definition) is 7. The van der Waals surface area contributed by atoms with Gasteiger partial charge in [-0.1, -0.05) is 6.07 Å². The van der Waals surface area contributed by atoms with Crippen molar-refractivity contribution in [2.45, 2.75) is 58.3 Å². The van der Waals surface area contributed by atoms with E-state index in [2.05, 4.69) is 4.90 Å². The van der Waals surface area contributed by atoms with Crippen LogP contribution in [0.2, 0.25) is 0 Å². The molecule has 2 fully saturated rings. The van der Waals surface area contributed by atoms with Crippen molar-refractivity contribution < 1.29 is 29.0 Å². The summed E-state index contributed by atoms with van der Waals surface area (Å²) in [6.07, 6.45) is 2.16. The van der Waals surface area contributed by atoms with Gasteiger partial charge in [0, 0.05) is 30.8 Å². The van der Waals surface area contributed by atoms with Crippen LogP contribution in [0.5, 0.6) is 0 Å². The first-order chi connectivity index (χ1) is 17.8. The summed E-state index contributed by atoms with van der Waals surface area (Å²) in [5, 5.41) is 11.0. The number of rotatable bonds is 4. The molecule has 1 N–H and O–H groups in total. The Morgan fingerprint density at radius 1 is 1.03 bits per heavy atom. The summed E-state index contributed by atoms with van der Waals surface area (Å²) in [5.74, 6) is -0.433. The van der Waals surface area contributed by atoms with Crippen LogP contribution in [-0.4, -0.2) is 60.1 Å². The molecule has 0 aromatic heterocycles. The standard InChI is InChI=1S/C29H32N2O6/c1-17-13-19-14-20(3-4-22(19)27(34)37-17)31-12-9-29(28(31)35)7-10-30(11-8-29)15-25(32)21-5-6-23-24(18(21)2)16-36-26(23)33/h3-6,14,17,25,32H,7-13,15-16H2,1-2H3/t17-,25+/m1/s1. The summed E-state index contributed by atoms with van der Waals surface area (Å²) in [6, 6.07) is 9.19. The van der Waals surface area contributed by atoms with Gasteiger partial charge in [-0.2, -0.15) is 0 Å². The topological polar surface area (TPSA) is 96.4 Å². The number of cyclic esters (lactones) is 2. The zero-order chi connectivity index (χ0) is 25.9. The normalized spacial score (nSPS) is 23.6. The van der Waals surface area contributed by atoms with Crippen molar-refractivity contribution >= 4 is 23.5 Å². The zero-order valence-corrected chi connectivity index (χ0v) is 21.3. The van der Waals surface area contributed by atoms with Crippen molar-refractivity contribution in [2.75, 3.05) is 31.1 Å². The highest BCUT2D eigenvalue weighted by atomic mass is 16.5. The quantitative estimate of drug-likeness (QED) is 0.638. The average Bonchev–Trinajstić information content (AvgIpc) is 3.41. The van der Waals surface area contributed by atoms with E-state index < -0.39 is 6.10 Å². The highest BCUT2D eigenvalue weighted by Gasteiger charge is 2.48. The fourth-order valence-corrected chi connectivity index (χ4v) is 6.48. The first-order valence-corrected chi connectivity index (χ1v) is 13.1. The third kappa shape index (κ3) is 4.03. The Morgan fingerprint density at radius 3 is 2.54 bits per heavy atom. The van der Waals surface area contributed by atoms with Gasteiger partial charge in [-0.15, -0.1) is 0 Å². The first-order valence-electron chi connectivity index (χ1n) is 13.1. The number of fused-ring (bicyclic) bond motifs is 2. The number of nitrogens with zero attached hydrogens (tertiary/aromatic N) is 2. The number of benzene rings is 2. The van der Waals surface area contributed by atoms with Gasteiger partial charge in [0.05, 0.1) is 22.6 Å². The Hall–Kier alpha value is -3.23. The number of carbonyl (C=O) groups is 3. The molecule has 0 saturated carbocycles. The highest BCUT2D eigenvalue weighted by molar-refractivity contribution is 6.01. The molecule has 37 heavy (non-hydrogen) atoms. The van der Waals surface area contributed by atoms with E-state index in [-0.39, 0.29) is 36.0 Å². The summed E-state index contributed by atoms with van der Waals surface area (Å²) in [4.78, 5) is 41.7. The number of aliphatic hydroxyl groups excluding tert-OH is 1. The molecule has 1 amide bonds. The second-order valence-corrected chi connectivity index (χ2v) is 10.9. The average molecular weight is 505 g/mol. The second kappa shape index (κ2) is 8.96. The second-order valence-electron chi connectivity index (χ2n) is 10.9. The van der Waals surface area contributed by atoms with E-state index in [9.17, 15) is 19.5 Å². The molecular weight excluding hydrogens is 472 g/mol. The van der Waals surface area contributed by atoms with Crippen LogP contribution in [-0.2, 0) is 27.3 Å². The molecule has 2 aromatic carbocycles. The minimum atomic E-state index is -0.671. The largest absolute Gasteiger partial charge is 0.459 e. The van der Waals surface area contributed by atoms with Crippen molar-refractivity contribution in [2.24, 2.45) is 5.41 Å². The van der Waals surface area contributed by atoms with Crippen LogP contribution in [0.15, 0.2) is 30.3 Å². The van der Waals surface area contributed by atoms with Crippen molar-refractivity contribution in [1.82, 2.24) is 4.90 Å². The predicted octanol–water partition coefficient (Wildman–Crippen LogP) is 3.32. The number of anilines is 1. The van der Waals surface area contributed by atoms with Crippen LogP contribution in [0.4, 0.5) is 5.69 Å². The molecule has 4 heterocycles. The molecule has 0 radical (unpaired) electrons. The Kier molecular flexibility index (Phi) is 5.84. The van der Waals surface area contributed by atoms with Crippen LogP contribution in [0, 0.1) is 12.3 Å². The molecule has 6 rings (SSSR count). The summed E-state index contributed by atoms with van der Waals surface area (Å²) in [6.45, 7) is 6.73. The Labute approximate surface area is 216 Å². The molecule has 0 bridgehead atoms. The SMILES string of the molecule is Cc1c([C@@H](O)CN2CCC3(CC2)CCN(c2ccc4c(c2)C[C@@H](C)OC4=O)C3=O)ccc2c1COC2=O. The van der Waals surface area contributed by atoms with Gasteiger partial charge in [0.15, 0.2) is 0 Å². The lowest BCUT2D eigenvalue weighted by molar-refractivity contribution is -0.128. The minimum Gasteiger partial charge on any atom is -0.459 e. The molecule has 4 aliphatic heterocycles. The van der Waals surface area contributed by atoms with Crippen molar-refractivity contribution in [3.8, 4) is 0 Å². The van der Waals surface area contributed by atoms with Crippen molar-refractivity contribution in [1.29, 1.82) is 0 Å². The van der Waals surface area contributed by atoms with E-state index >= 15 is 0 Å². The van der Waals surface area contributed by atoms with E-state index in [4.69, 9.17) is 9.47 Å². The van der Waals surface area contributed by atoms with Crippen LogP contribution >= 0.6 is 0 Å². The van der Waals surface area contributed by atoms with Crippen molar-refractivity contribution in [3.05, 3.63) is 63.7 Å². The lowest BCUT2D eigenvalue weighted by Gasteiger charge is -2.38. The van der Waals surface area contributed by atoms with Crippen LogP contribution in [0.3, 0.4) is 0 Å². The van der Waals surface area contributed by atoms with E-state index in [0.29, 0.717) is 30.6 Å². The van der Waals surface area contributed by atoms with E-state index in [1.807, 2.05) is 36.9 Å². The maximum absolute atomic E-state index is 13.6. The first kappa shape index (κ1) is 24.1. The van der Waals surface area contributed by atoms with Gasteiger partial charge in [-0.3, -0.25) is 4.79 Å². The van der Waals surface area contributed by atoms with Gasteiger partial charge >= 0.3 is 11.9 Å². The van der Waals surface area contributed by atoms with Crippen LogP contribution < -0.4 is 4.90 Å². The Morgan fingerprint density at radius 2 is 1.76 bits per heavy atom. The molecule has 2 atom stereocenters. The number of ether oxygens (including phenoxy) is 2. The minimum absolute atomic E-state index is 0.160. The van der Waals surface area contributed by atoms with Gasteiger partial charge in [-0.25, -0.2) is 9.59 Å². The lowest BCUT2D eigenvalue weighted by atomic mass is 9.77. The van der Waals surface area contributed by atoms with E-state index in [0.717, 1.165) is 60.3 Å². The molecule has 0 unspecified atom stereocenters. The fraction of sp³-hybridized carbons (Fsp3) is 0.483. The third-order valence-electron chi connectivity index (χ3n) is 8.76. The van der Waals surface area contributed by atoms with Gasteiger partial charge in [-0.05, 0) is 87.2 Å². The summed E-state index contributed by atoms with van der Waals surface area (Å²) in [7, 11) is 0. The number of likely N-dealkylation sites (tertiary alicyclic amines) is 1. The monoisotopic (exact) mass is 504 g/mol. The zero-order valence-electron chi connectivity index (χ0n) is 21.3. The number of piperidine rings is 1. The highest BCUT2D eigenvalue weighted by Crippen LogP contribution is 2.44. The number of carbonyl (C=O) groups excluding carboxylic acids is 3. The molecular formula is C29H32N2O6. The summed E-state index contributed by atoms with van der Waals surface area (Å²) < 4.78 is 10.5. The van der Waals surface area contributed by atoms with Gasteiger partial charge < -0.3 is 24.4 Å². The number of β-amino-alcohol motifs (C(OH)–C–C–N with tert-alkyl or cyclic N) is 1. The molecule has 0 aliphatic carbocycles. The predicted molar refractivity (Wildman–Crippen MR) is 135 cm³/mol. The molecule has 194 valence electrons. The molecule has 2 saturated heterocycles. The summed E-state index contributed by atoms with van der Waals surface area (Å²) >= 11 is 0. The van der Waals surface area contributed by atoms with Crippen LogP contribution in [0.25, 0.3) is 0 Å². The number of amides is 1. The van der Waals surface area contributed by atoms with Crippen molar-refractivity contribution in [3.63, 3.8) is 0 Å². The summed E-state index contributed by atoms with van der Waals surface area (Å²) in [5.41, 5.74) is 5.21. The molecule has 4 aliphatic rings. The molecule has 2 aromatic rings. The number of aliphatic hydroxyl groups is 1. The lowest BCUT2D eigenvalue weighted by Crippen LogP contribution is -2.45. The Balaban J connectivity index is 1.11. The maximum Gasteiger partial charge on any atom is 0.338 e. The van der Waals surface area contributed by atoms with Gasteiger partial charge in [0.25, 0.3) is 0 Å². The van der Waals surface area contributed by atoms with Gasteiger partial charge in [0.1, 0.15) is 12.7 Å². The maximum atomic E-state index is 13.6.